The van der Waals surface area contributed by atoms with Gasteiger partial charge in [0.15, 0.2) is 0 Å². The van der Waals surface area contributed by atoms with Crippen LogP contribution in [0.3, 0.4) is 0 Å². The summed E-state index contributed by atoms with van der Waals surface area (Å²) in [6, 6.07) is 5.85. The molecule has 0 aliphatic heterocycles. The number of benzene rings is 2. The second kappa shape index (κ2) is 12.8. The Morgan fingerprint density at radius 1 is 1.03 bits per heavy atom. The molecule has 38 heavy (non-hydrogen) atoms. The van der Waals surface area contributed by atoms with Crippen molar-refractivity contribution in [2.45, 2.75) is 52.0 Å². The molecule has 14 heteroatoms. The molecule has 2 amide bonds. The van der Waals surface area contributed by atoms with E-state index in [1.54, 1.807) is 26.8 Å². The Hall–Kier alpha value is -2.21. The summed E-state index contributed by atoms with van der Waals surface area (Å²) in [5.74, 6) is -1.36. The average Bonchev–Trinajstić information content (AvgIpc) is 2.77. The minimum absolute atomic E-state index is 0.143. The second-order valence-electron chi connectivity index (χ2n) is 8.74. The van der Waals surface area contributed by atoms with Crippen LogP contribution < -0.4 is 9.62 Å². The van der Waals surface area contributed by atoms with Gasteiger partial charge in [0.05, 0.1) is 22.5 Å². The molecular formula is C24H27Cl3F3N3O4S. The normalized spacial score (nSPS) is 12.8. The molecule has 2 aromatic carbocycles. The monoisotopic (exact) mass is 615 g/mol. The van der Waals surface area contributed by atoms with E-state index in [0.29, 0.717) is 15.9 Å². The Kier molecular flexibility index (Phi) is 10.7. The van der Waals surface area contributed by atoms with E-state index >= 15 is 0 Å². The fourth-order valence-corrected chi connectivity index (χ4v) is 5.24. The van der Waals surface area contributed by atoms with Crippen molar-refractivity contribution < 1.29 is 31.2 Å². The van der Waals surface area contributed by atoms with Crippen molar-refractivity contribution in [3.63, 3.8) is 0 Å². The highest BCUT2D eigenvalue weighted by Gasteiger charge is 2.36. The zero-order valence-corrected chi connectivity index (χ0v) is 24.0. The van der Waals surface area contributed by atoms with Gasteiger partial charge in [-0.05, 0) is 50.6 Å². The summed E-state index contributed by atoms with van der Waals surface area (Å²) in [5, 5.41) is 2.51. The van der Waals surface area contributed by atoms with Gasteiger partial charge >= 0.3 is 6.18 Å². The molecule has 1 N–H and O–H groups in total. The summed E-state index contributed by atoms with van der Waals surface area (Å²) in [5.41, 5.74) is -1.37. The number of anilines is 1. The summed E-state index contributed by atoms with van der Waals surface area (Å²) in [6.45, 7) is 3.96. The number of carbonyl (C=O) groups is 2. The van der Waals surface area contributed by atoms with Gasteiger partial charge in [-0.3, -0.25) is 13.9 Å². The summed E-state index contributed by atoms with van der Waals surface area (Å²) < 4.78 is 66.1. The third-order valence-corrected chi connectivity index (χ3v) is 7.61. The van der Waals surface area contributed by atoms with Gasteiger partial charge in [-0.1, -0.05) is 47.8 Å². The van der Waals surface area contributed by atoms with Crippen LogP contribution in [-0.2, 0) is 32.3 Å². The van der Waals surface area contributed by atoms with E-state index in [0.717, 1.165) is 23.3 Å². The molecule has 0 aromatic heterocycles. The number of nitrogens with one attached hydrogen (secondary N) is 1. The fraction of sp³-hybridized carbons (Fsp3) is 0.417. The van der Waals surface area contributed by atoms with Crippen LogP contribution in [-0.4, -0.2) is 50.0 Å². The van der Waals surface area contributed by atoms with Crippen molar-refractivity contribution in [2.24, 2.45) is 0 Å². The summed E-state index contributed by atoms with van der Waals surface area (Å²) in [6.07, 6.45) is -3.97. The van der Waals surface area contributed by atoms with Crippen LogP contribution in [0.25, 0.3) is 0 Å². The van der Waals surface area contributed by atoms with Crippen molar-refractivity contribution in [3.8, 4) is 0 Å². The summed E-state index contributed by atoms with van der Waals surface area (Å²) in [4.78, 5) is 27.8. The maximum absolute atomic E-state index is 13.6. The van der Waals surface area contributed by atoms with Gasteiger partial charge in [0, 0.05) is 28.2 Å². The zero-order valence-electron chi connectivity index (χ0n) is 20.9. The molecule has 0 heterocycles. The smallest absolute Gasteiger partial charge is 0.352 e. The van der Waals surface area contributed by atoms with Crippen molar-refractivity contribution >= 4 is 62.3 Å². The number of amides is 2. The van der Waals surface area contributed by atoms with E-state index in [9.17, 15) is 31.2 Å². The van der Waals surface area contributed by atoms with Crippen molar-refractivity contribution in [1.29, 1.82) is 0 Å². The topological polar surface area (TPSA) is 86.8 Å². The van der Waals surface area contributed by atoms with Crippen LogP contribution >= 0.6 is 34.8 Å². The largest absolute Gasteiger partial charge is 0.417 e. The van der Waals surface area contributed by atoms with Crippen LogP contribution in [0, 0.1) is 0 Å². The Morgan fingerprint density at radius 3 is 2.08 bits per heavy atom. The number of hydrogen-bond donors (Lipinski definition) is 1. The first-order valence-electron chi connectivity index (χ1n) is 11.3. The van der Waals surface area contributed by atoms with Gasteiger partial charge in [-0.25, -0.2) is 8.42 Å². The zero-order chi connectivity index (χ0) is 29.0. The quantitative estimate of drug-likeness (QED) is 0.368. The lowest BCUT2D eigenvalue weighted by Gasteiger charge is -2.33. The Morgan fingerprint density at radius 2 is 1.61 bits per heavy atom. The van der Waals surface area contributed by atoms with E-state index in [1.165, 1.54) is 12.1 Å². The first kappa shape index (κ1) is 32.0. The Balaban J connectivity index is 2.58. The lowest BCUT2D eigenvalue weighted by atomic mass is 10.1. The molecule has 1 atom stereocenters. The molecule has 0 aliphatic rings. The minimum atomic E-state index is -4.87. The maximum Gasteiger partial charge on any atom is 0.417 e. The molecule has 2 aromatic rings. The predicted molar refractivity (Wildman–Crippen MR) is 143 cm³/mol. The molecule has 0 fully saturated rings. The molecule has 2 rings (SSSR count). The molecule has 0 saturated carbocycles. The van der Waals surface area contributed by atoms with Crippen LogP contribution in [0.1, 0.15) is 38.3 Å². The molecule has 0 radical (unpaired) electrons. The lowest BCUT2D eigenvalue weighted by Crippen LogP contribution is -2.53. The molecular weight excluding hydrogens is 590 g/mol. The standard InChI is InChI=1S/C24H27Cl3F3N3O4S/c1-5-21(23(35)31-14(2)3)32(12-16-18(25)7-6-8-19(16)26)22(34)13-33(38(4,36)37)15-9-10-20(27)17(11-15)24(28,29)30/h6-11,14,21H,5,12-13H2,1-4H3,(H,31,35)/t21-/m0/s1. The Bertz CT molecular complexity index is 1270. The lowest BCUT2D eigenvalue weighted by molar-refractivity contribution is -0.140. The number of sulfonamides is 1. The highest BCUT2D eigenvalue weighted by Crippen LogP contribution is 2.37. The number of carbonyl (C=O) groups excluding carboxylic acids is 2. The summed E-state index contributed by atoms with van der Waals surface area (Å²) in [7, 11) is -4.26. The molecule has 0 saturated heterocycles. The fourth-order valence-electron chi connectivity index (χ4n) is 3.65. The highest BCUT2D eigenvalue weighted by molar-refractivity contribution is 7.92. The number of rotatable bonds is 10. The van der Waals surface area contributed by atoms with Crippen molar-refractivity contribution in [3.05, 3.63) is 62.6 Å². The van der Waals surface area contributed by atoms with Gasteiger partial charge in [0.1, 0.15) is 12.6 Å². The van der Waals surface area contributed by atoms with Crippen LogP contribution in [0.15, 0.2) is 36.4 Å². The molecule has 0 unspecified atom stereocenters. The SMILES string of the molecule is CC[C@@H](C(=O)NC(C)C)N(Cc1c(Cl)cccc1Cl)C(=O)CN(c1ccc(Cl)c(C(F)(F)F)c1)S(C)(=O)=O. The number of nitrogens with zero attached hydrogens (tertiary/aromatic N) is 2. The third kappa shape index (κ3) is 8.14. The van der Waals surface area contributed by atoms with E-state index in [4.69, 9.17) is 34.8 Å². The van der Waals surface area contributed by atoms with Gasteiger partial charge in [-0.15, -0.1) is 0 Å². The van der Waals surface area contributed by atoms with E-state index in [1.807, 2.05) is 0 Å². The predicted octanol–water partition coefficient (Wildman–Crippen LogP) is 5.76. The first-order chi connectivity index (χ1) is 17.5. The third-order valence-electron chi connectivity index (χ3n) is 5.43. The van der Waals surface area contributed by atoms with Gasteiger partial charge < -0.3 is 10.2 Å². The average molecular weight is 617 g/mol. The van der Waals surface area contributed by atoms with E-state index in [2.05, 4.69) is 5.32 Å². The van der Waals surface area contributed by atoms with Gasteiger partial charge in [0.2, 0.25) is 21.8 Å². The minimum Gasteiger partial charge on any atom is -0.352 e. The number of alkyl halides is 3. The van der Waals surface area contributed by atoms with Gasteiger partial charge in [0.25, 0.3) is 0 Å². The van der Waals surface area contributed by atoms with Gasteiger partial charge in [-0.2, -0.15) is 13.2 Å². The van der Waals surface area contributed by atoms with Crippen LogP contribution in [0.2, 0.25) is 15.1 Å². The van der Waals surface area contributed by atoms with Crippen molar-refractivity contribution in [2.75, 3.05) is 17.1 Å². The Labute approximate surface area is 234 Å². The molecule has 7 nitrogen and oxygen atoms in total. The maximum atomic E-state index is 13.6. The van der Waals surface area contributed by atoms with Crippen LogP contribution in [0.4, 0.5) is 18.9 Å². The highest BCUT2D eigenvalue weighted by atomic mass is 35.5. The van der Waals surface area contributed by atoms with Crippen molar-refractivity contribution in [1.82, 2.24) is 10.2 Å². The number of hydrogen-bond acceptors (Lipinski definition) is 4. The summed E-state index contributed by atoms with van der Waals surface area (Å²) >= 11 is 18.3. The van der Waals surface area contributed by atoms with Crippen LogP contribution in [0.5, 0.6) is 0 Å². The van der Waals surface area contributed by atoms with E-state index < -0.39 is 56.9 Å². The molecule has 0 aliphatic carbocycles. The number of halogens is 6. The van der Waals surface area contributed by atoms with E-state index in [-0.39, 0.29) is 29.1 Å². The molecule has 0 spiro atoms. The second-order valence-corrected chi connectivity index (χ2v) is 11.9. The first-order valence-corrected chi connectivity index (χ1v) is 14.3. The molecule has 210 valence electrons. The molecule has 0 bridgehead atoms.